The van der Waals surface area contributed by atoms with Crippen molar-refractivity contribution in [3.05, 3.63) is 33.8 Å². The zero-order chi connectivity index (χ0) is 18.6. The van der Waals surface area contributed by atoms with Gasteiger partial charge in [0.15, 0.2) is 11.9 Å². The molecule has 0 saturated carbocycles. The van der Waals surface area contributed by atoms with Crippen LogP contribution in [0.3, 0.4) is 0 Å². The number of aryl methyl sites for hydroxylation is 2. The molecule has 0 aliphatic carbocycles. The smallest absolute Gasteiger partial charge is 0.307 e. The highest BCUT2D eigenvalue weighted by Crippen LogP contribution is 2.19. The number of hydrogen-bond donors (Lipinski definition) is 1. The Morgan fingerprint density at radius 2 is 2.04 bits per heavy atom. The van der Waals surface area contributed by atoms with E-state index >= 15 is 0 Å². The Hall–Kier alpha value is -2.48. The van der Waals surface area contributed by atoms with Crippen LogP contribution in [-0.2, 0) is 21.4 Å². The van der Waals surface area contributed by atoms with Crippen molar-refractivity contribution in [1.82, 2.24) is 9.78 Å². The van der Waals surface area contributed by atoms with Crippen LogP contribution in [0.1, 0.15) is 40.8 Å². The second-order valence-electron chi connectivity index (χ2n) is 5.69. The van der Waals surface area contributed by atoms with Gasteiger partial charge < -0.3 is 10.1 Å². The predicted octanol–water partition coefficient (Wildman–Crippen LogP) is 2.63. The minimum Gasteiger partial charge on any atom is -0.453 e. The molecule has 0 saturated heterocycles. The summed E-state index contributed by atoms with van der Waals surface area (Å²) in [5.74, 6) is -1.12. The summed E-state index contributed by atoms with van der Waals surface area (Å²) in [6.07, 6.45) is -0.947. The number of hydrogen-bond acceptors (Lipinski definition) is 6. The maximum atomic E-state index is 12.2. The van der Waals surface area contributed by atoms with Crippen LogP contribution in [0.4, 0.5) is 5.69 Å². The van der Waals surface area contributed by atoms with Crippen molar-refractivity contribution in [3.63, 3.8) is 0 Å². The summed E-state index contributed by atoms with van der Waals surface area (Å²) in [6.45, 7) is 5.12. The molecular formula is C17H21N3O4S. The molecule has 0 bridgehead atoms. The highest BCUT2D eigenvalue weighted by atomic mass is 32.1. The number of esters is 1. The average Bonchev–Trinajstić information content (AvgIpc) is 3.17. The number of ketones is 1. The van der Waals surface area contributed by atoms with Gasteiger partial charge in [-0.05, 0) is 32.2 Å². The van der Waals surface area contributed by atoms with Crippen molar-refractivity contribution in [1.29, 1.82) is 0 Å². The molecular weight excluding hydrogens is 342 g/mol. The number of nitrogens with one attached hydrogen (secondary N) is 1. The number of ether oxygens (including phenoxy) is 1. The van der Waals surface area contributed by atoms with Gasteiger partial charge in [-0.3, -0.25) is 19.1 Å². The first kappa shape index (κ1) is 18.9. The zero-order valence-corrected chi connectivity index (χ0v) is 15.5. The largest absolute Gasteiger partial charge is 0.453 e. The summed E-state index contributed by atoms with van der Waals surface area (Å²) in [4.78, 5) is 36.5. The molecule has 0 aliphatic rings. The monoisotopic (exact) mass is 363 g/mol. The third kappa shape index (κ3) is 4.76. The van der Waals surface area contributed by atoms with Crippen molar-refractivity contribution in [2.75, 3.05) is 5.32 Å². The van der Waals surface area contributed by atoms with Crippen LogP contribution in [0.2, 0.25) is 0 Å². The Morgan fingerprint density at radius 3 is 2.60 bits per heavy atom. The Morgan fingerprint density at radius 1 is 1.32 bits per heavy atom. The Kier molecular flexibility index (Phi) is 6.08. The number of anilines is 1. The number of carbonyl (C=O) groups excluding carboxylic acids is 3. The molecule has 1 N–H and O–H groups in total. The van der Waals surface area contributed by atoms with Crippen LogP contribution < -0.4 is 5.32 Å². The van der Waals surface area contributed by atoms with Gasteiger partial charge in [0.2, 0.25) is 0 Å². The molecule has 8 heteroatoms. The molecule has 1 amide bonds. The molecule has 134 valence electrons. The van der Waals surface area contributed by atoms with Crippen LogP contribution in [-0.4, -0.2) is 33.5 Å². The van der Waals surface area contributed by atoms with Crippen LogP contribution in [0.25, 0.3) is 0 Å². The highest BCUT2D eigenvalue weighted by molar-refractivity contribution is 7.12. The minimum atomic E-state index is -0.955. The zero-order valence-electron chi connectivity index (χ0n) is 14.7. The Bertz CT molecular complexity index is 780. The Balaban J connectivity index is 1.84. The van der Waals surface area contributed by atoms with Gasteiger partial charge in [0, 0.05) is 13.5 Å². The number of aromatic nitrogens is 2. The standard InChI is InChI=1S/C17H21N3O4S/c1-10-16(11(2)20(4)19-10)18-17(23)12(3)24-15(22)8-7-13(21)14-6-5-9-25-14/h5-6,9,12H,7-8H2,1-4H3,(H,18,23)/t12-/m1/s1. The molecule has 2 heterocycles. The molecule has 2 aromatic heterocycles. The molecule has 0 spiro atoms. The molecule has 2 aromatic rings. The molecule has 0 aromatic carbocycles. The van der Waals surface area contributed by atoms with Gasteiger partial charge in [-0.2, -0.15) is 5.10 Å². The van der Waals surface area contributed by atoms with Gasteiger partial charge in [0.05, 0.1) is 28.4 Å². The first-order chi connectivity index (χ1) is 11.8. The molecule has 25 heavy (non-hydrogen) atoms. The first-order valence-corrected chi connectivity index (χ1v) is 8.74. The predicted molar refractivity (Wildman–Crippen MR) is 94.7 cm³/mol. The van der Waals surface area contributed by atoms with Crippen LogP contribution in [0.5, 0.6) is 0 Å². The molecule has 0 fully saturated rings. The van der Waals surface area contributed by atoms with E-state index in [4.69, 9.17) is 4.74 Å². The lowest BCUT2D eigenvalue weighted by Gasteiger charge is -2.13. The maximum Gasteiger partial charge on any atom is 0.307 e. The molecule has 0 radical (unpaired) electrons. The number of nitrogens with zero attached hydrogens (tertiary/aromatic N) is 2. The van der Waals surface area contributed by atoms with Crippen LogP contribution in [0, 0.1) is 13.8 Å². The maximum absolute atomic E-state index is 12.2. The van der Waals surface area contributed by atoms with E-state index in [2.05, 4.69) is 10.4 Å². The van der Waals surface area contributed by atoms with E-state index in [9.17, 15) is 14.4 Å². The first-order valence-electron chi connectivity index (χ1n) is 7.86. The van der Waals surface area contributed by atoms with Gasteiger partial charge in [0.1, 0.15) is 0 Å². The van der Waals surface area contributed by atoms with E-state index in [1.54, 1.807) is 36.2 Å². The van der Waals surface area contributed by atoms with Gasteiger partial charge in [-0.15, -0.1) is 11.3 Å². The van der Waals surface area contributed by atoms with Crippen molar-refractivity contribution < 1.29 is 19.1 Å². The molecule has 2 rings (SSSR count). The third-order valence-corrected chi connectivity index (χ3v) is 4.70. The topological polar surface area (TPSA) is 90.3 Å². The summed E-state index contributed by atoms with van der Waals surface area (Å²) in [5.41, 5.74) is 2.11. The van der Waals surface area contributed by atoms with Gasteiger partial charge in [0.25, 0.3) is 5.91 Å². The molecule has 7 nitrogen and oxygen atoms in total. The molecule has 1 atom stereocenters. The highest BCUT2D eigenvalue weighted by Gasteiger charge is 2.21. The van der Waals surface area contributed by atoms with Crippen molar-refractivity contribution >= 4 is 34.7 Å². The third-order valence-electron chi connectivity index (χ3n) is 3.79. The summed E-state index contributed by atoms with van der Waals surface area (Å²) in [5, 5.41) is 8.75. The van der Waals surface area contributed by atoms with E-state index in [1.807, 2.05) is 6.92 Å². The number of thiophene rings is 1. The molecule has 0 unspecified atom stereocenters. The SMILES string of the molecule is Cc1nn(C)c(C)c1NC(=O)[C@@H](C)OC(=O)CCC(=O)c1cccs1. The van der Waals surface area contributed by atoms with Gasteiger partial charge in [-0.25, -0.2) is 0 Å². The van der Waals surface area contributed by atoms with Gasteiger partial charge in [-0.1, -0.05) is 6.07 Å². The number of carbonyl (C=O) groups is 3. The molecule has 0 aliphatic heterocycles. The fraction of sp³-hybridized carbons (Fsp3) is 0.412. The van der Waals surface area contributed by atoms with E-state index in [-0.39, 0.29) is 18.6 Å². The fourth-order valence-corrected chi connectivity index (χ4v) is 2.96. The second kappa shape index (κ2) is 8.06. The van der Waals surface area contributed by atoms with Crippen molar-refractivity contribution in [2.45, 2.75) is 39.7 Å². The average molecular weight is 363 g/mol. The number of rotatable bonds is 7. The normalized spacial score (nSPS) is 11.8. The summed E-state index contributed by atoms with van der Waals surface area (Å²) in [7, 11) is 1.78. The lowest BCUT2D eigenvalue weighted by Crippen LogP contribution is -2.30. The van der Waals surface area contributed by atoms with Crippen molar-refractivity contribution in [3.8, 4) is 0 Å². The Labute approximate surface area is 150 Å². The van der Waals surface area contributed by atoms with Gasteiger partial charge >= 0.3 is 5.97 Å². The fourth-order valence-electron chi connectivity index (χ4n) is 2.26. The van der Waals surface area contributed by atoms with E-state index in [1.165, 1.54) is 18.3 Å². The summed E-state index contributed by atoms with van der Waals surface area (Å²) in [6, 6.07) is 3.50. The lowest BCUT2D eigenvalue weighted by atomic mass is 10.2. The lowest BCUT2D eigenvalue weighted by molar-refractivity contribution is -0.153. The number of Topliss-reactive ketones (excluding diaryl/α,β-unsaturated/α-hetero) is 1. The van der Waals surface area contributed by atoms with E-state index < -0.39 is 18.0 Å². The van der Waals surface area contributed by atoms with Crippen molar-refractivity contribution in [2.24, 2.45) is 7.05 Å². The van der Waals surface area contributed by atoms with Crippen LogP contribution in [0.15, 0.2) is 17.5 Å². The minimum absolute atomic E-state index is 0.0562. The number of amides is 1. The quantitative estimate of drug-likeness (QED) is 0.603. The summed E-state index contributed by atoms with van der Waals surface area (Å²) >= 11 is 1.33. The van der Waals surface area contributed by atoms with E-state index in [0.29, 0.717) is 16.3 Å². The second-order valence-corrected chi connectivity index (χ2v) is 6.64. The summed E-state index contributed by atoms with van der Waals surface area (Å²) < 4.78 is 6.78. The van der Waals surface area contributed by atoms with Crippen LogP contribution >= 0.6 is 11.3 Å². The van der Waals surface area contributed by atoms with E-state index in [0.717, 1.165) is 5.69 Å².